The monoisotopic (exact) mass is 520 g/mol. The predicted octanol–water partition coefficient (Wildman–Crippen LogP) is 4.33. The lowest BCUT2D eigenvalue weighted by molar-refractivity contribution is 0.0543. The molecule has 0 bridgehead atoms. The third-order valence-corrected chi connectivity index (χ3v) is 7.78. The van der Waals surface area contributed by atoms with Gasteiger partial charge in [-0.3, -0.25) is 4.98 Å². The van der Waals surface area contributed by atoms with Crippen molar-refractivity contribution in [2.45, 2.75) is 38.5 Å². The quantitative estimate of drug-likeness (QED) is 0.329. The van der Waals surface area contributed by atoms with Crippen LogP contribution in [0.25, 0.3) is 33.2 Å². The Morgan fingerprint density at radius 1 is 1.16 bits per heavy atom. The molecule has 2 unspecified atom stereocenters. The Morgan fingerprint density at radius 2 is 1.97 bits per heavy atom. The van der Waals surface area contributed by atoms with Crippen LogP contribution in [-0.4, -0.2) is 51.7 Å². The van der Waals surface area contributed by atoms with Gasteiger partial charge in [-0.15, -0.1) is 5.10 Å². The predicted molar refractivity (Wildman–Crippen MR) is 139 cm³/mol. The Kier molecular flexibility index (Phi) is 6.13. The Bertz CT molecular complexity index is 1610. The normalized spacial score (nSPS) is 16.5. The largest absolute Gasteiger partial charge is 0.381 e. The standard InChI is InChI=1S/C26H28N6O4S/c1-15-10-21(29-36-15)26(18-6-8-35-9-7-18)32-22-11-17(14-37(33)34)4-5-20(22)24-23(32)12-19(13-27-24)25-16(2)28-30-31(25)3/h4-5,10-13,18,26H,6-9,14H2,1-3H3,(H,33,34). The summed E-state index contributed by atoms with van der Waals surface area (Å²) in [5.74, 6) is 1.07. The fraction of sp³-hybridized carbons (Fsp3) is 0.385. The number of fused-ring (bicyclic) bond motifs is 3. The summed E-state index contributed by atoms with van der Waals surface area (Å²) in [6, 6.07) is 9.90. The van der Waals surface area contributed by atoms with E-state index >= 15 is 0 Å². The fourth-order valence-corrected chi connectivity index (χ4v) is 6.07. The maximum absolute atomic E-state index is 11.6. The van der Waals surface area contributed by atoms with Gasteiger partial charge in [0.25, 0.3) is 0 Å². The molecular formula is C26H28N6O4S. The van der Waals surface area contributed by atoms with Gasteiger partial charge in [0.15, 0.2) is 11.1 Å². The average Bonchev–Trinajstić information content (AvgIpc) is 3.55. The van der Waals surface area contributed by atoms with Crippen LogP contribution in [0.5, 0.6) is 0 Å². The van der Waals surface area contributed by atoms with E-state index in [1.165, 1.54) is 0 Å². The van der Waals surface area contributed by atoms with Gasteiger partial charge in [0.05, 0.1) is 39.7 Å². The van der Waals surface area contributed by atoms with Gasteiger partial charge in [-0.1, -0.05) is 22.5 Å². The lowest BCUT2D eigenvalue weighted by Crippen LogP contribution is -2.27. The average molecular weight is 521 g/mol. The smallest absolute Gasteiger partial charge is 0.157 e. The number of pyridine rings is 1. The molecular weight excluding hydrogens is 492 g/mol. The van der Waals surface area contributed by atoms with Gasteiger partial charge in [-0.2, -0.15) is 0 Å². The molecule has 1 fully saturated rings. The third-order valence-electron chi connectivity index (χ3n) is 7.20. The van der Waals surface area contributed by atoms with E-state index in [9.17, 15) is 8.76 Å². The van der Waals surface area contributed by atoms with Crippen LogP contribution in [0.3, 0.4) is 0 Å². The van der Waals surface area contributed by atoms with Crippen LogP contribution < -0.4 is 0 Å². The highest BCUT2D eigenvalue weighted by Crippen LogP contribution is 2.41. The van der Waals surface area contributed by atoms with Crippen molar-refractivity contribution < 1.29 is 18.0 Å². The van der Waals surface area contributed by atoms with E-state index in [0.717, 1.165) is 68.7 Å². The van der Waals surface area contributed by atoms with Crippen LogP contribution in [-0.2, 0) is 28.6 Å². The first-order valence-corrected chi connectivity index (χ1v) is 13.6. The van der Waals surface area contributed by atoms with Crippen molar-refractivity contribution in [2.24, 2.45) is 13.0 Å². The molecule has 5 aromatic rings. The molecule has 0 radical (unpaired) electrons. The van der Waals surface area contributed by atoms with Gasteiger partial charge in [0.2, 0.25) is 0 Å². The molecule has 0 aliphatic carbocycles. The lowest BCUT2D eigenvalue weighted by atomic mass is 9.89. The van der Waals surface area contributed by atoms with Crippen molar-refractivity contribution in [3.63, 3.8) is 0 Å². The van der Waals surface area contributed by atoms with Crippen LogP contribution in [0.15, 0.2) is 41.1 Å². The van der Waals surface area contributed by atoms with Crippen LogP contribution in [0.4, 0.5) is 0 Å². The zero-order chi connectivity index (χ0) is 25.7. The number of hydrogen-bond acceptors (Lipinski definition) is 7. The molecule has 0 spiro atoms. The second-order valence-corrected chi connectivity index (χ2v) is 10.6. The number of hydrogen-bond donors (Lipinski definition) is 1. The Labute approximate surface area is 215 Å². The molecule has 0 amide bonds. The van der Waals surface area contributed by atoms with E-state index in [2.05, 4.69) is 26.1 Å². The Morgan fingerprint density at radius 3 is 2.65 bits per heavy atom. The summed E-state index contributed by atoms with van der Waals surface area (Å²) in [4.78, 5) is 4.92. The van der Waals surface area contributed by atoms with Crippen molar-refractivity contribution in [2.75, 3.05) is 13.2 Å². The van der Waals surface area contributed by atoms with Gasteiger partial charge >= 0.3 is 0 Å². The minimum absolute atomic E-state index is 0.0566. The van der Waals surface area contributed by atoms with Gasteiger partial charge in [-0.05, 0) is 50.3 Å². The maximum Gasteiger partial charge on any atom is 0.157 e. The second-order valence-electron chi connectivity index (χ2n) is 9.68. The summed E-state index contributed by atoms with van der Waals surface area (Å²) < 4.78 is 36.5. The first kappa shape index (κ1) is 24.0. The van der Waals surface area contributed by atoms with Crippen LogP contribution in [0, 0.1) is 19.8 Å². The molecule has 192 valence electrons. The molecule has 1 N–H and O–H groups in total. The van der Waals surface area contributed by atoms with Crippen LogP contribution in [0.1, 0.15) is 41.6 Å². The summed E-state index contributed by atoms with van der Waals surface area (Å²) in [5, 5.41) is 13.8. The number of benzene rings is 1. The Balaban J connectivity index is 1.66. The van der Waals surface area contributed by atoms with E-state index in [0.29, 0.717) is 13.2 Å². The molecule has 2 atom stereocenters. The summed E-state index contributed by atoms with van der Waals surface area (Å²) >= 11 is -1.95. The summed E-state index contributed by atoms with van der Waals surface area (Å²) in [7, 11) is 1.87. The topological polar surface area (TPSA) is 121 Å². The van der Waals surface area contributed by atoms with Gasteiger partial charge in [-0.25, -0.2) is 8.89 Å². The number of nitrogens with zero attached hydrogens (tertiary/aromatic N) is 6. The molecule has 4 aromatic heterocycles. The molecule has 11 heteroatoms. The highest BCUT2D eigenvalue weighted by atomic mass is 32.2. The zero-order valence-corrected chi connectivity index (χ0v) is 21.7. The molecule has 0 saturated carbocycles. The minimum atomic E-state index is -1.95. The van der Waals surface area contributed by atoms with E-state index in [1.807, 2.05) is 51.4 Å². The van der Waals surface area contributed by atoms with Gasteiger partial charge in [0, 0.05) is 43.5 Å². The molecule has 1 aliphatic heterocycles. The highest BCUT2D eigenvalue weighted by molar-refractivity contribution is 7.78. The van der Waals surface area contributed by atoms with E-state index in [-0.39, 0.29) is 17.7 Å². The first-order valence-electron chi connectivity index (χ1n) is 12.3. The fourth-order valence-electron chi connectivity index (χ4n) is 5.61. The van der Waals surface area contributed by atoms with Gasteiger partial charge in [0.1, 0.15) is 11.5 Å². The van der Waals surface area contributed by atoms with Crippen LogP contribution in [0.2, 0.25) is 0 Å². The summed E-state index contributed by atoms with van der Waals surface area (Å²) in [6.45, 7) is 5.21. The van der Waals surface area contributed by atoms with Crippen molar-refractivity contribution in [1.82, 2.24) is 29.7 Å². The SMILES string of the molecule is Cc1cc(C(C2CCOCC2)n2c3cc(CS(=O)O)ccc3c3ncc(-c4c(C)nnn4C)cc32)no1. The molecule has 5 heterocycles. The number of rotatable bonds is 6. The van der Waals surface area contributed by atoms with Crippen molar-refractivity contribution in [3.8, 4) is 11.3 Å². The first-order chi connectivity index (χ1) is 17.9. The number of ether oxygens (including phenoxy) is 1. The molecule has 6 rings (SSSR count). The maximum atomic E-state index is 11.6. The van der Waals surface area contributed by atoms with E-state index in [4.69, 9.17) is 14.2 Å². The summed E-state index contributed by atoms with van der Waals surface area (Å²) in [6.07, 6.45) is 3.63. The van der Waals surface area contributed by atoms with E-state index < -0.39 is 11.1 Å². The lowest BCUT2D eigenvalue weighted by Gasteiger charge is -2.31. The van der Waals surface area contributed by atoms with Crippen LogP contribution >= 0.6 is 0 Å². The number of aryl methyl sites for hydroxylation is 3. The third kappa shape index (κ3) is 4.26. The van der Waals surface area contributed by atoms with Crippen molar-refractivity contribution >= 4 is 33.0 Å². The van der Waals surface area contributed by atoms with E-state index in [1.54, 1.807) is 4.68 Å². The van der Waals surface area contributed by atoms with Crippen molar-refractivity contribution in [1.29, 1.82) is 0 Å². The molecule has 37 heavy (non-hydrogen) atoms. The summed E-state index contributed by atoms with van der Waals surface area (Å²) in [5.41, 5.74) is 7.04. The molecule has 10 nitrogen and oxygen atoms in total. The Hall–Kier alpha value is -3.41. The van der Waals surface area contributed by atoms with Crippen molar-refractivity contribution in [3.05, 3.63) is 59.2 Å². The molecule has 1 aliphatic rings. The molecule has 1 aromatic carbocycles. The number of aromatic nitrogens is 6. The highest BCUT2D eigenvalue weighted by Gasteiger charge is 2.32. The second kappa shape index (κ2) is 9.47. The zero-order valence-electron chi connectivity index (χ0n) is 20.9. The molecule has 1 saturated heterocycles. The van der Waals surface area contributed by atoms with Gasteiger partial charge < -0.3 is 18.4 Å². The minimum Gasteiger partial charge on any atom is -0.381 e.